The molecule has 0 radical (unpaired) electrons. The largest absolute Gasteiger partial charge is 0.338 e. The Morgan fingerprint density at radius 1 is 1.19 bits per heavy atom. The van der Waals surface area contributed by atoms with Crippen LogP contribution in [0.3, 0.4) is 0 Å². The highest BCUT2D eigenvalue weighted by atomic mass is 32.2. The summed E-state index contributed by atoms with van der Waals surface area (Å²) >= 11 is 3.07. The van der Waals surface area contributed by atoms with Gasteiger partial charge in [0.1, 0.15) is 0 Å². The number of thioether (sulfide) groups is 1. The monoisotopic (exact) mass is 398 g/mol. The lowest BCUT2D eigenvalue weighted by atomic mass is 10.1. The van der Waals surface area contributed by atoms with E-state index in [4.69, 9.17) is 4.52 Å². The molecule has 3 heterocycles. The molecular weight excluding hydrogens is 380 g/mol. The van der Waals surface area contributed by atoms with Gasteiger partial charge in [-0.25, -0.2) is 4.98 Å². The van der Waals surface area contributed by atoms with Crippen LogP contribution in [-0.2, 0) is 17.9 Å². The van der Waals surface area contributed by atoms with E-state index in [2.05, 4.69) is 34.2 Å². The van der Waals surface area contributed by atoms with Crippen molar-refractivity contribution < 1.29 is 4.52 Å². The van der Waals surface area contributed by atoms with Gasteiger partial charge in [-0.3, -0.25) is 9.20 Å². The van der Waals surface area contributed by atoms with Gasteiger partial charge in [-0.1, -0.05) is 36.3 Å². The van der Waals surface area contributed by atoms with Crippen molar-refractivity contribution in [3.8, 4) is 11.4 Å². The second kappa shape index (κ2) is 7.66. The van der Waals surface area contributed by atoms with Crippen LogP contribution in [0.1, 0.15) is 29.8 Å². The van der Waals surface area contributed by atoms with Gasteiger partial charge in [0.15, 0.2) is 4.96 Å². The number of nitrogens with zero attached hydrogens (tertiary/aromatic N) is 4. The smallest absolute Gasteiger partial charge is 0.258 e. The fraction of sp³-hybridized carbons (Fsp3) is 0.263. The number of aromatic nitrogens is 4. The average Bonchev–Trinajstić information content (AvgIpc) is 3.29. The summed E-state index contributed by atoms with van der Waals surface area (Å²) in [6.45, 7) is 4.03. The molecule has 4 aromatic rings. The van der Waals surface area contributed by atoms with Gasteiger partial charge in [0.25, 0.3) is 5.56 Å². The molecule has 0 amide bonds. The number of fused-ring (bicyclic) bond motifs is 1. The highest BCUT2D eigenvalue weighted by Gasteiger charge is 2.10. The Hall–Kier alpha value is -2.45. The Morgan fingerprint density at radius 3 is 2.78 bits per heavy atom. The van der Waals surface area contributed by atoms with Crippen LogP contribution in [0, 0.1) is 6.92 Å². The number of hydrogen-bond acceptors (Lipinski definition) is 7. The molecule has 6 nitrogen and oxygen atoms in total. The summed E-state index contributed by atoms with van der Waals surface area (Å²) in [5.74, 6) is 2.36. The van der Waals surface area contributed by atoms with Crippen molar-refractivity contribution in [1.29, 1.82) is 0 Å². The predicted molar refractivity (Wildman–Crippen MR) is 108 cm³/mol. The third-order valence-electron chi connectivity index (χ3n) is 4.19. The SMILES string of the molecule is CCc1ccc(-c2noc(CSCc3cc(=O)n4c(C)csc4n3)n2)cc1. The van der Waals surface area contributed by atoms with E-state index in [1.807, 2.05) is 24.4 Å². The van der Waals surface area contributed by atoms with E-state index in [1.54, 1.807) is 22.2 Å². The zero-order valence-electron chi connectivity index (χ0n) is 15.0. The highest BCUT2D eigenvalue weighted by molar-refractivity contribution is 7.97. The first-order valence-electron chi connectivity index (χ1n) is 8.60. The lowest BCUT2D eigenvalue weighted by Gasteiger charge is -2.00. The molecule has 3 aromatic heterocycles. The molecule has 0 aliphatic rings. The number of thiazole rings is 1. The van der Waals surface area contributed by atoms with Crippen LogP contribution in [0.2, 0.25) is 0 Å². The van der Waals surface area contributed by atoms with Crippen molar-refractivity contribution in [2.75, 3.05) is 0 Å². The molecule has 0 N–H and O–H groups in total. The minimum Gasteiger partial charge on any atom is -0.338 e. The van der Waals surface area contributed by atoms with Crippen molar-refractivity contribution in [3.63, 3.8) is 0 Å². The predicted octanol–water partition coefficient (Wildman–Crippen LogP) is 4.11. The Balaban J connectivity index is 1.41. The summed E-state index contributed by atoms with van der Waals surface area (Å²) in [4.78, 5) is 21.9. The summed E-state index contributed by atoms with van der Waals surface area (Å²) in [7, 11) is 0. The number of hydrogen-bond donors (Lipinski definition) is 0. The molecule has 0 aliphatic carbocycles. The first-order chi connectivity index (χ1) is 13.1. The van der Waals surface area contributed by atoms with Crippen molar-refractivity contribution in [2.45, 2.75) is 31.8 Å². The van der Waals surface area contributed by atoms with Gasteiger partial charge in [-0.15, -0.1) is 23.1 Å². The molecule has 0 aliphatic heterocycles. The zero-order valence-corrected chi connectivity index (χ0v) is 16.6. The maximum absolute atomic E-state index is 12.2. The van der Waals surface area contributed by atoms with Gasteiger partial charge in [0.05, 0.1) is 11.4 Å². The third-order valence-corrected chi connectivity index (χ3v) is 6.09. The summed E-state index contributed by atoms with van der Waals surface area (Å²) in [5, 5.41) is 6.00. The standard InChI is InChI=1S/C19H18N4O2S2/c1-3-13-4-6-14(7-5-13)18-21-16(25-22-18)11-26-10-15-8-17(24)23-12(2)9-27-19(23)20-15/h4-9H,3,10-11H2,1-2H3. The van der Waals surface area contributed by atoms with E-state index < -0.39 is 0 Å². The van der Waals surface area contributed by atoms with E-state index in [9.17, 15) is 4.79 Å². The fourth-order valence-corrected chi connectivity index (χ4v) is 4.38. The maximum Gasteiger partial charge on any atom is 0.258 e. The van der Waals surface area contributed by atoms with Gasteiger partial charge in [0.2, 0.25) is 11.7 Å². The van der Waals surface area contributed by atoms with Crippen molar-refractivity contribution in [1.82, 2.24) is 19.5 Å². The van der Waals surface area contributed by atoms with Crippen molar-refractivity contribution in [2.24, 2.45) is 0 Å². The maximum atomic E-state index is 12.2. The molecule has 0 atom stereocenters. The summed E-state index contributed by atoms with van der Waals surface area (Å²) in [6.07, 6.45) is 1.00. The third kappa shape index (κ3) is 3.81. The lowest BCUT2D eigenvalue weighted by Crippen LogP contribution is -2.14. The minimum atomic E-state index is -0.0371. The lowest BCUT2D eigenvalue weighted by molar-refractivity contribution is 0.391. The molecule has 138 valence electrons. The Kier molecular flexibility index (Phi) is 5.09. The Bertz CT molecular complexity index is 1130. The molecule has 4 rings (SSSR count). The van der Waals surface area contributed by atoms with Crippen LogP contribution in [0.5, 0.6) is 0 Å². The highest BCUT2D eigenvalue weighted by Crippen LogP contribution is 2.21. The van der Waals surface area contributed by atoms with Crippen LogP contribution in [-0.4, -0.2) is 19.5 Å². The molecule has 1 aromatic carbocycles. The van der Waals surface area contributed by atoms with Gasteiger partial charge in [0, 0.05) is 28.5 Å². The average molecular weight is 399 g/mol. The first kappa shape index (κ1) is 17.9. The topological polar surface area (TPSA) is 73.3 Å². The van der Waals surface area contributed by atoms with Crippen LogP contribution in [0.25, 0.3) is 16.3 Å². The molecule has 0 bridgehead atoms. The van der Waals surface area contributed by atoms with Crippen LogP contribution in [0.15, 0.2) is 45.0 Å². The molecule has 0 spiro atoms. The van der Waals surface area contributed by atoms with E-state index in [0.29, 0.717) is 23.2 Å². The molecular formula is C19H18N4O2S2. The number of benzene rings is 1. The van der Waals surface area contributed by atoms with Gasteiger partial charge in [-0.05, 0) is 18.9 Å². The van der Waals surface area contributed by atoms with Crippen LogP contribution in [0.4, 0.5) is 0 Å². The van der Waals surface area contributed by atoms with Crippen molar-refractivity contribution in [3.05, 3.63) is 68.9 Å². The van der Waals surface area contributed by atoms with E-state index in [1.165, 1.54) is 16.9 Å². The Morgan fingerprint density at radius 2 is 2.00 bits per heavy atom. The normalized spacial score (nSPS) is 11.3. The van der Waals surface area contributed by atoms with Crippen LogP contribution >= 0.6 is 23.1 Å². The van der Waals surface area contributed by atoms with E-state index in [-0.39, 0.29) is 5.56 Å². The summed E-state index contributed by atoms with van der Waals surface area (Å²) in [6, 6.07) is 9.76. The quantitative estimate of drug-likeness (QED) is 0.487. The summed E-state index contributed by atoms with van der Waals surface area (Å²) in [5.41, 5.74) is 3.86. The van der Waals surface area contributed by atoms with E-state index in [0.717, 1.165) is 28.3 Å². The molecule has 0 saturated carbocycles. The van der Waals surface area contributed by atoms with Crippen molar-refractivity contribution >= 4 is 28.1 Å². The van der Waals surface area contributed by atoms with Crippen LogP contribution < -0.4 is 5.56 Å². The Labute approximate surface area is 164 Å². The van der Waals surface area contributed by atoms with Gasteiger partial charge < -0.3 is 4.52 Å². The molecule has 0 saturated heterocycles. The second-order valence-corrected chi connectivity index (χ2v) is 7.96. The first-order valence-corrected chi connectivity index (χ1v) is 10.6. The molecule has 8 heteroatoms. The van der Waals surface area contributed by atoms with E-state index >= 15 is 0 Å². The minimum absolute atomic E-state index is 0.0371. The second-order valence-electron chi connectivity index (χ2n) is 6.14. The number of aryl methyl sites for hydroxylation is 2. The fourth-order valence-electron chi connectivity index (χ4n) is 2.74. The van der Waals surface area contributed by atoms with Gasteiger partial charge in [-0.2, -0.15) is 4.98 Å². The molecule has 27 heavy (non-hydrogen) atoms. The zero-order chi connectivity index (χ0) is 18.8. The summed E-state index contributed by atoms with van der Waals surface area (Å²) < 4.78 is 6.98. The molecule has 0 fully saturated rings. The van der Waals surface area contributed by atoms with Gasteiger partial charge >= 0.3 is 0 Å². The number of rotatable bonds is 6. The molecule has 0 unspecified atom stereocenters.